The van der Waals surface area contributed by atoms with E-state index in [-0.39, 0.29) is 10.6 Å². The Morgan fingerprint density at radius 2 is 1.88 bits per heavy atom. The zero-order valence-corrected chi connectivity index (χ0v) is 14.9. The maximum Gasteiger partial charge on any atom is 0.331 e. The average Bonchev–Trinajstić information content (AvgIpc) is 2.66. The van der Waals surface area contributed by atoms with Crippen LogP contribution in [-0.4, -0.2) is 32.6 Å². The highest BCUT2D eigenvalue weighted by Gasteiger charge is 2.15. The fourth-order valence-corrected chi connectivity index (χ4v) is 2.26. The Hall–Kier alpha value is -2.86. The summed E-state index contributed by atoms with van der Waals surface area (Å²) in [7, 11) is 2.92. The molecule has 0 aliphatic carbocycles. The molecule has 5 nitrogen and oxygen atoms in total. The third-order valence-corrected chi connectivity index (χ3v) is 3.70. The number of Topliss-reactive ketones (excluding diaryl/α,β-unsaturated/α-hetero) is 1. The van der Waals surface area contributed by atoms with Crippen LogP contribution in [0, 0.1) is 5.82 Å². The molecule has 0 N–H and O–H groups in total. The van der Waals surface area contributed by atoms with Gasteiger partial charge in [0.25, 0.3) is 0 Å². The third-order valence-electron chi connectivity index (χ3n) is 3.41. The smallest absolute Gasteiger partial charge is 0.331 e. The number of benzene rings is 2. The quantitative estimate of drug-likeness (QED) is 0.415. The van der Waals surface area contributed by atoms with Crippen molar-refractivity contribution in [2.24, 2.45) is 0 Å². The highest BCUT2D eigenvalue weighted by Crippen LogP contribution is 2.25. The normalized spacial score (nSPS) is 10.6. The average molecular weight is 379 g/mol. The Balaban J connectivity index is 1.97. The van der Waals surface area contributed by atoms with E-state index in [4.69, 9.17) is 25.8 Å². The van der Waals surface area contributed by atoms with Crippen molar-refractivity contribution < 1.29 is 28.2 Å². The van der Waals surface area contributed by atoms with E-state index < -0.39 is 24.2 Å². The van der Waals surface area contributed by atoms with Crippen LogP contribution in [0.1, 0.15) is 15.9 Å². The van der Waals surface area contributed by atoms with Crippen LogP contribution in [0.25, 0.3) is 6.08 Å². The van der Waals surface area contributed by atoms with E-state index in [1.54, 1.807) is 12.1 Å². The zero-order chi connectivity index (χ0) is 19.1. The summed E-state index contributed by atoms with van der Waals surface area (Å²) in [6.45, 7) is -0.448. The molecule has 0 aliphatic heterocycles. The molecule has 0 heterocycles. The van der Waals surface area contributed by atoms with Gasteiger partial charge in [0.15, 0.2) is 6.61 Å². The SMILES string of the molecule is COc1ccc(C(=O)COC(=O)/C=C/c2ccc(F)c(Cl)c2)c(OC)c1. The molecule has 0 atom stereocenters. The molecule has 136 valence electrons. The molecule has 26 heavy (non-hydrogen) atoms. The van der Waals surface area contributed by atoms with Gasteiger partial charge in [-0.1, -0.05) is 17.7 Å². The van der Waals surface area contributed by atoms with E-state index in [9.17, 15) is 14.0 Å². The number of carbonyl (C=O) groups is 2. The van der Waals surface area contributed by atoms with Gasteiger partial charge < -0.3 is 14.2 Å². The molecule has 0 fully saturated rings. The van der Waals surface area contributed by atoms with Crippen LogP contribution >= 0.6 is 11.6 Å². The minimum absolute atomic E-state index is 0.0534. The van der Waals surface area contributed by atoms with Crippen LogP contribution in [-0.2, 0) is 9.53 Å². The first-order valence-corrected chi connectivity index (χ1v) is 7.87. The minimum atomic E-state index is -0.716. The number of methoxy groups -OCH3 is 2. The summed E-state index contributed by atoms with van der Waals surface area (Å²) < 4.78 is 28.2. The number of ketones is 1. The summed E-state index contributed by atoms with van der Waals surface area (Å²) in [5.41, 5.74) is 0.798. The lowest BCUT2D eigenvalue weighted by Gasteiger charge is -2.09. The van der Waals surface area contributed by atoms with E-state index in [2.05, 4.69) is 0 Å². The standard InChI is InChI=1S/C19H16ClFO5/c1-24-13-5-6-14(18(10-13)25-2)17(22)11-26-19(23)8-4-12-3-7-16(21)15(20)9-12/h3-10H,11H2,1-2H3/b8-4+. The van der Waals surface area contributed by atoms with Gasteiger partial charge in [-0.05, 0) is 35.9 Å². The van der Waals surface area contributed by atoms with Gasteiger partial charge in [0, 0.05) is 12.1 Å². The van der Waals surface area contributed by atoms with Gasteiger partial charge in [0.2, 0.25) is 5.78 Å². The lowest BCUT2D eigenvalue weighted by atomic mass is 10.1. The van der Waals surface area contributed by atoms with Crippen molar-refractivity contribution in [3.63, 3.8) is 0 Å². The van der Waals surface area contributed by atoms with E-state index in [1.165, 1.54) is 44.6 Å². The minimum Gasteiger partial charge on any atom is -0.497 e. The van der Waals surface area contributed by atoms with Gasteiger partial charge in [-0.15, -0.1) is 0 Å². The molecule has 0 aliphatic rings. The van der Waals surface area contributed by atoms with Crippen molar-refractivity contribution in [1.29, 1.82) is 0 Å². The first kappa shape index (κ1) is 19.5. The highest BCUT2D eigenvalue weighted by molar-refractivity contribution is 6.30. The monoisotopic (exact) mass is 378 g/mol. The number of rotatable bonds is 7. The summed E-state index contributed by atoms with van der Waals surface area (Å²) in [5, 5.41) is -0.0534. The number of esters is 1. The van der Waals surface area contributed by atoms with Crippen molar-refractivity contribution in [2.75, 3.05) is 20.8 Å². The number of ether oxygens (including phenoxy) is 3. The molecule has 7 heteroatoms. The van der Waals surface area contributed by atoms with Gasteiger partial charge >= 0.3 is 5.97 Å². The van der Waals surface area contributed by atoms with Crippen molar-refractivity contribution in [3.05, 3.63) is 64.4 Å². The van der Waals surface area contributed by atoms with Gasteiger partial charge in [0.1, 0.15) is 17.3 Å². The zero-order valence-electron chi connectivity index (χ0n) is 14.1. The molecular weight excluding hydrogens is 363 g/mol. The summed E-state index contributed by atoms with van der Waals surface area (Å²) in [6, 6.07) is 8.71. The molecule has 0 amide bonds. The summed E-state index contributed by atoms with van der Waals surface area (Å²) >= 11 is 5.66. The lowest BCUT2D eigenvalue weighted by molar-refractivity contribution is -0.136. The second kappa shape index (κ2) is 9.01. The topological polar surface area (TPSA) is 61.8 Å². The van der Waals surface area contributed by atoms with E-state index in [1.807, 2.05) is 0 Å². The van der Waals surface area contributed by atoms with Crippen molar-refractivity contribution in [3.8, 4) is 11.5 Å². The Bertz CT molecular complexity index is 848. The third kappa shape index (κ3) is 5.07. The number of hydrogen-bond donors (Lipinski definition) is 0. The molecular formula is C19H16ClFO5. The van der Waals surface area contributed by atoms with Crippen LogP contribution in [0.15, 0.2) is 42.5 Å². The molecule has 0 radical (unpaired) electrons. The molecule has 0 saturated carbocycles. The van der Waals surface area contributed by atoms with Gasteiger partial charge in [-0.2, -0.15) is 0 Å². The molecule has 0 saturated heterocycles. The Morgan fingerprint density at radius 1 is 1.12 bits per heavy atom. The van der Waals surface area contributed by atoms with Crippen LogP contribution in [0.5, 0.6) is 11.5 Å². The Labute approximate surface area is 154 Å². The van der Waals surface area contributed by atoms with E-state index >= 15 is 0 Å². The van der Waals surface area contributed by atoms with Gasteiger partial charge in [0.05, 0.1) is 24.8 Å². The molecule has 2 aromatic carbocycles. The maximum atomic E-state index is 13.1. The molecule has 0 spiro atoms. The number of halogens is 2. The van der Waals surface area contributed by atoms with Gasteiger partial charge in [-0.25, -0.2) is 9.18 Å². The van der Waals surface area contributed by atoms with E-state index in [0.29, 0.717) is 17.1 Å². The highest BCUT2D eigenvalue weighted by atomic mass is 35.5. The predicted molar refractivity (Wildman–Crippen MR) is 95.3 cm³/mol. The summed E-state index contributed by atoms with van der Waals surface area (Å²) in [5.74, 6) is -0.828. The number of carbonyl (C=O) groups excluding carboxylic acids is 2. The van der Waals surface area contributed by atoms with Crippen molar-refractivity contribution in [2.45, 2.75) is 0 Å². The first-order chi connectivity index (χ1) is 12.4. The first-order valence-electron chi connectivity index (χ1n) is 7.49. The second-order valence-corrected chi connectivity index (χ2v) is 5.51. The summed E-state index contributed by atoms with van der Waals surface area (Å²) in [4.78, 5) is 23.9. The van der Waals surface area contributed by atoms with Crippen LogP contribution < -0.4 is 9.47 Å². The molecule has 2 aromatic rings. The van der Waals surface area contributed by atoms with Crippen molar-refractivity contribution in [1.82, 2.24) is 0 Å². The molecule has 0 unspecified atom stereocenters. The fourth-order valence-electron chi connectivity index (χ4n) is 2.07. The Kier molecular flexibility index (Phi) is 6.74. The second-order valence-electron chi connectivity index (χ2n) is 5.10. The van der Waals surface area contributed by atoms with Crippen molar-refractivity contribution >= 4 is 29.4 Å². The lowest BCUT2D eigenvalue weighted by Crippen LogP contribution is -2.13. The summed E-state index contributed by atoms with van der Waals surface area (Å²) in [6.07, 6.45) is 2.54. The number of hydrogen-bond acceptors (Lipinski definition) is 5. The van der Waals surface area contributed by atoms with E-state index in [0.717, 1.165) is 6.08 Å². The fraction of sp³-hybridized carbons (Fsp3) is 0.158. The maximum absolute atomic E-state index is 13.1. The molecule has 0 bridgehead atoms. The van der Waals surface area contributed by atoms with Crippen LogP contribution in [0.4, 0.5) is 4.39 Å². The van der Waals surface area contributed by atoms with Crippen LogP contribution in [0.2, 0.25) is 5.02 Å². The van der Waals surface area contributed by atoms with Crippen LogP contribution in [0.3, 0.4) is 0 Å². The predicted octanol–water partition coefficient (Wildman–Crippen LogP) is 3.94. The molecule has 2 rings (SSSR count). The molecule has 0 aromatic heterocycles. The van der Waals surface area contributed by atoms with Gasteiger partial charge in [-0.3, -0.25) is 4.79 Å². The Morgan fingerprint density at radius 3 is 2.54 bits per heavy atom. The largest absolute Gasteiger partial charge is 0.497 e.